The van der Waals surface area contributed by atoms with Crippen molar-refractivity contribution in [3.8, 4) is 0 Å². The van der Waals surface area contributed by atoms with E-state index in [-0.39, 0.29) is 12.5 Å². The minimum absolute atomic E-state index is 0.0505. The first-order chi connectivity index (χ1) is 6.19. The Morgan fingerprint density at radius 2 is 2.31 bits per heavy atom. The SMILES string of the molecule is [CH2]C(CO)c1ccc(SC)c(Cl)c1. The lowest BCUT2D eigenvalue weighted by molar-refractivity contribution is 0.282. The van der Waals surface area contributed by atoms with Gasteiger partial charge in [-0.15, -0.1) is 11.8 Å². The van der Waals surface area contributed by atoms with Crippen molar-refractivity contribution in [2.75, 3.05) is 12.9 Å². The molecule has 13 heavy (non-hydrogen) atoms. The van der Waals surface area contributed by atoms with E-state index in [9.17, 15) is 0 Å². The molecule has 0 aliphatic carbocycles. The molecule has 0 heterocycles. The summed E-state index contributed by atoms with van der Waals surface area (Å²) < 4.78 is 0. The van der Waals surface area contributed by atoms with Gasteiger partial charge in [0.2, 0.25) is 0 Å². The predicted octanol–water partition coefficient (Wildman–Crippen LogP) is 2.97. The lowest BCUT2D eigenvalue weighted by Crippen LogP contribution is -1.98. The number of benzene rings is 1. The number of hydrogen-bond acceptors (Lipinski definition) is 2. The summed E-state index contributed by atoms with van der Waals surface area (Å²) in [6.07, 6.45) is 1.98. The van der Waals surface area contributed by atoms with Gasteiger partial charge >= 0.3 is 0 Å². The van der Waals surface area contributed by atoms with Crippen molar-refractivity contribution in [2.45, 2.75) is 10.8 Å². The lowest BCUT2D eigenvalue weighted by atomic mass is 10.0. The van der Waals surface area contributed by atoms with Crippen LogP contribution in [0.4, 0.5) is 0 Å². The molecule has 0 spiro atoms. The molecule has 0 aromatic heterocycles. The predicted molar refractivity (Wildman–Crippen MR) is 58.4 cm³/mol. The van der Waals surface area contributed by atoms with Crippen LogP contribution in [0.3, 0.4) is 0 Å². The van der Waals surface area contributed by atoms with Gasteiger partial charge in [0.15, 0.2) is 0 Å². The first-order valence-corrected chi connectivity index (χ1v) is 5.56. The van der Waals surface area contributed by atoms with Crippen LogP contribution in [0.2, 0.25) is 5.02 Å². The molecule has 1 nitrogen and oxygen atoms in total. The highest BCUT2D eigenvalue weighted by Gasteiger charge is 2.06. The van der Waals surface area contributed by atoms with Crippen molar-refractivity contribution in [3.05, 3.63) is 35.7 Å². The third kappa shape index (κ3) is 2.63. The molecule has 0 bridgehead atoms. The van der Waals surface area contributed by atoms with Crippen LogP contribution in [0.1, 0.15) is 11.5 Å². The first kappa shape index (κ1) is 10.9. The second-order valence-electron chi connectivity index (χ2n) is 2.77. The van der Waals surface area contributed by atoms with Gasteiger partial charge in [-0.1, -0.05) is 17.7 Å². The number of halogens is 1. The van der Waals surface area contributed by atoms with Gasteiger partial charge < -0.3 is 5.11 Å². The van der Waals surface area contributed by atoms with Crippen LogP contribution in [-0.2, 0) is 0 Å². The Balaban J connectivity index is 2.95. The van der Waals surface area contributed by atoms with Crippen molar-refractivity contribution in [1.82, 2.24) is 0 Å². The van der Waals surface area contributed by atoms with Crippen LogP contribution >= 0.6 is 23.4 Å². The highest BCUT2D eigenvalue weighted by atomic mass is 35.5. The van der Waals surface area contributed by atoms with Gasteiger partial charge in [0, 0.05) is 17.4 Å². The molecule has 1 atom stereocenters. The Bertz CT molecular complexity index is 288. The molecule has 0 aliphatic heterocycles. The molecule has 1 aromatic carbocycles. The third-order valence-corrected chi connectivity index (χ3v) is 3.09. The van der Waals surface area contributed by atoms with Crippen LogP contribution in [0, 0.1) is 6.92 Å². The van der Waals surface area contributed by atoms with Gasteiger partial charge in [0.25, 0.3) is 0 Å². The van der Waals surface area contributed by atoms with Crippen LogP contribution < -0.4 is 0 Å². The highest BCUT2D eigenvalue weighted by molar-refractivity contribution is 7.98. The maximum absolute atomic E-state index is 8.89. The summed E-state index contributed by atoms with van der Waals surface area (Å²) in [6.45, 7) is 3.86. The molecule has 0 saturated heterocycles. The van der Waals surface area contributed by atoms with Crippen LogP contribution in [0.25, 0.3) is 0 Å². The van der Waals surface area contributed by atoms with Crippen molar-refractivity contribution in [2.24, 2.45) is 0 Å². The highest BCUT2D eigenvalue weighted by Crippen LogP contribution is 2.28. The fourth-order valence-electron chi connectivity index (χ4n) is 1.04. The van der Waals surface area contributed by atoms with E-state index >= 15 is 0 Å². The van der Waals surface area contributed by atoms with Crippen LogP contribution in [-0.4, -0.2) is 18.0 Å². The van der Waals surface area contributed by atoms with E-state index in [0.717, 1.165) is 15.5 Å². The number of hydrogen-bond donors (Lipinski definition) is 1. The molecule has 1 unspecified atom stereocenters. The van der Waals surface area contributed by atoms with Crippen LogP contribution in [0.5, 0.6) is 0 Å². The molecule has 1 aromatic rings. The molecule has 0 amide bonds. The standard InChI is InChI=1S/C10H12ClOS/c1-7(6-12)8-3-4-10(13-2)9(11)5-8/h3-5,7,12H,1,6H2,2H3. The van der Waals surface area contributed by atoms with Gasteiger partial charge in [-0.25, -0.2) is 0 Å². The normalized spacial score (nSPS) is 12.9. The second-order valence-corrected chi connectivity index (χ2v) is 4.03. The quantitative estimate of drug-likeness (QED) is 0.783. The molecular formula is C10H12ClOS. The van der Waals surface area contributed by atoms with Crippen molar-refractivity contribution in [1.29, 1.82) is 0 Å². The van der Waals surface area contributed by atoms with Crippen LogP contribution in [0.15, 0.2) is 23.1 Å². The summed E-state index contributed by atoms with van der Waals surface area (Å²) in [5.74, 6) is -0.0894. The number of rotatable bonds is 3. The van der Waals surface area contributed by atoms with E-state index in [2.05, 4.69) is 6.92 Å². The zero-order valence-electron chi connectivity index (χ0n) is 7.46. The summed E-state index contributed by atoms with van der Waals surface area (Å²) in [7, 11) is 0. The van der Waals surface area contributed by atoms with Gasteiger partial charge in [0.05, 0.1) is 5.02 Å². The molecule has 1 rings (SSSR count). The fraction of sp³-hybridized carbons (Fsp3) is 0.300. The third-order valence-electron chi connectivity index (χ3n) is 1.87. The minimum Gasteiger partial charge on any atom is -0.396 e. The van der Waals surface area contributed by atoms with Crippen molar-refractivity contribution >= 4 is 23.4 Å². The van der Waals surface area contributed by atoms with E-state index in [0.29, 0.717) is 0 Å². The fourth-order valence-corrected chi connectivity index (χ4v) is 1.92. The molecule has 3 heteroatoms. The Hall–Kier alpha value is -0.180. The lowest BCUT2D eigenvalue weighted by Gasteiger charge is -2.09. The summed E-state index contributed by atoms with van der Waals surface area (Å²) in [5.41, 5.74) is 0.977. The summed E-state index contributed by atoms with van der Waals surface area (Å²) in [4.78, 5) is 1.05. The summed E-state index contributed by atoms with van der Waals surface area (Å²) >= 11 is 7.61. The Morgan fingerprint density at radius 3 is 2.77 bits per heavy atom. The monoisotopic (exact) mass is 215 g/mol. The molecule has 0 fully saturated rings. The van der Waals surface area contributed by atoms with Gasteiger partial charge in [0.1, 0.15) is 0 Å². The molecule has 1 N–H and O–H groups in total. The largest absolute Gasteiger partial charge is 0.396 e. The van der Waals surface area contributed by atoms with Crippen molar-refractivity contribution < 1.29 is 5.11 Å². The zero-order chi connectivity index (χ0) is 9.84. The molecule has 1 radical (unpaired) electrons. The summed E-state index contributed by atoms with van der Waals surface area (Å²) in [6, 6.07) is 5.77. The van der Waals surface area contributed by atoms with E-state index in [1.807, 2.05) is 24.5 Å². The maximum Gasteiger partial charge on any atom is 0.0544 e. The first-order valence-electron chi connectivity index (χ1n) is 3.96. The van der Waals surface area contributed by atoms with Gasteiger partial charge in [-0.3, -0.25) is 0 Å². The Kier molecular flexibility index (Phi) is 4.10. The smallest absolute Gasteiger partial charge is 0.0544 e. The second kappa shape index (κ2) is 4.89. The van der Waals surface area contributed by atoms with E-state index < -0.39 is 0 Å². The topological polar surface area (TPSA) is 20.2 Å². The Morgan fingerprint density at radius 1 is 1.62 bits per heavy atom. The molecular weight excluding hydrogens is 204 g/mol. The molecule has 0 saturated carbocycles. The maximum atomic E-state index is 8.89. The molecule has 71 valence electrons. The zero-order valence-corrected chi connectivity index (χ0v) is 9.03. The van der Waals surface area contributed by atoms with E-state index in [4.69, 9.17) is 16.7 Å². The number of aliphatic hydroxyl groups is 1. The Labute approximate surface area is 88.1 Å². The average molecular weight is 216 g/mol. The minimum atomic E-state index is -0.0894. The van der Waals surface area contributed by atoms with Gasteiger partial charge in [-0.2, -0.15) is 0 Å². The molecule has 0 aliphatic rings. The number of thioether (sulfide) groups is 1. The van der Waals surface area contributed by atoms with Crippen molar-refractivity contribution in [3.63, 3.8) is 0 Å². The average Bonchev–Trinajstić information content (AvgIpc) is 2.16. The number of aliphatic hydroxyl groups excluding tert-OH is 1. The van der Waals surface area contributed by atoms with Gasteiger partial charge in [-0.05, 0) is 30.9 Å². The van der Waals surface area contributed by atoms with E-state index in [1.165, 1.54) is 0 Å². The summed E-state index contributed by atoms with van der Waals surface area (Å²) in [5, 5.41) is 9.62. The van der Waals surface area contributed by atoms with E-state index in [1.54, 1.807) is 11.8 Å².